The summed E-state index contributed by atoms with van der Waals surface area (Å²) in [5, 5.41) is 1.19. The molecule has 0 spiro atoms. The summed E-state index contributed by atoms with van der Waals surface area (Å²) in [7, 11) is 0. The van der Waals surface area contributed by atoms with Crippen LogP contribution in [0.25, 0.3) is 20.5 Å². The maximum atomic E-state index is 11.3. The Balaban J connectivity index is 2.23. The molecule has 20 heavy (non-hydrogen) atoms. The molecular weight excluding hydrogens is 268 g/mol. The first kappa shape index (κ1) is 12.9. The van der Waals surface area contributed by atoms with E-state index in [2.05, 4.69) is 18.2 Å². The van der Waals surface area contributed by atoms with E-state index < -0.39 is 0 Å². The topological polar surface area (TPSA) is 26.3 Å². The van der Waals surface area contributed by atoms with Crippen molar-refractivity contribution in [3.05, 3.63) is 54.1 Å². The van der Waals surface area contributed by atoms with Gasteiger partial charge in [-0.15, -0.1) is 11.3 Å². The van der Waals surface area contributed by atoms with E-state index in [0.717, 1.165) is 22.5 Å². The van der Waals surface area contributed by atoms with Gasteiger partial charge < -0.3 is 4.74 Å². The molecule has 0 saturated carbocycles. The second-order valence-corrected chi connectivity index (χ2v) is 5.50. The van der Waals surface area contributed by atoms with Crippen LogP contribution in [0.5, 0.6) is 5.75 Å². The number of thiophene rings is 1. The molecule has 0 bridgehead atoms. The minimum absolute atomic E-state index is 0.584. The summed E-state index contributed by atoms with van der Waals surface area (Å²) in [6, 6.07) is 15.9. The average molecular weight is 282 g/mol. The van der Waals surface area contributed by atoms with Crippen LogP contribution in [0.3, 0.4) is 0 Å². The van der Waals surface area contributed by atoms with Crippen molar-refractivity contribution in [1.29, 1.82) is 0 Å². The number of hydrogen-bond donors (Lipinski definition) is 0. The van der Waals surface area contributed by atoms with Gasteiger partial charge in [-0.3, -0.25) is 4.79 Å². The van der Waals surface area contributed by atoms with Crippen LogP contribution < -0.4 is 4.74 Å². The molecule has 0 aliphatic carbocycles. The van der Waals surface area contributed by atoms with Gasteiger partial charge >= 0.3 is 0 Å². The first-order valence-electron chi connectivity index (χ1n) is 6.53. The van der Waals surface area contributed by atoms with Crippen LogP contribution in [0, 0.1) is 0 Å². The minimum Gasteiger partial charge on any atom is -0.493 e. The Hall–Kier alpha value is -2.13. The van der Waals surface area contributed by atoms with Gasteiger partial charge in [0.2, 0.25) is 0 Å². The maximum absolute atomic E-state index is 11.3. The summed E-state index contributed by atoms with van der Waals surface area (Å²) < 4.78 is 6.89. The van der Waals surface area contributed by atoms with Crippen LogP contribution in [0.1, 0.15) is 17.3 Å². The monoisotopic (exact) mass is 282 g/mol. The number of ether oxygens (including phenoxy) is 1. The third kappa shape index (κ3) is 2.21. The van der Waals surface area contributed by atoms with E-state index in [1.807, 2.05) is 37.3 Å². The highest BCUT2D eigenvalue weighted by atomic mass is 32.1. The zero-order chi connectivity index (χ0) is 13.9. The van der Waals surface area contributed by atoms with E-state index in [-0.39, 0.29) is 0 Å². The molecule has 0 aliphatic heterocycles. The van der Waals surface area contributed by atoms with Crippen LogP contribution in [0.15, 0.2) is 48.5 Å². The Bertz CT molecular complexity index is 726. The lowest BCUT2D eigenvalue weighted by atomic mass is 10.1. The van der Waals surface area contributed by atoms with Gasteiger partial charge in [0.25, 0.3) is 0 Å². The predicted molar refractivity (Wildman–Crippen MR) is 83.8 cm³/mol. The molecule has 3 aromatic rings. The fraction of sp³-hybridized carbons (Fsp3) is 0.118. The highest BCUT2D eigenvalue weighted by molar-refractivity contribution is 7.22. The SMILES string of the molecule is CCOc1cccc(C=O)c1-c1cc2ccccc2s1. The number of carbonyl (C=O) groups excluding carboxylic acids is 1. The number of fused-ring (bicyclic) bond motifs is 1. The molecule has 0 aliphatic rings. The number of carbonyl (C=O) groups is 1. The second kappa shape index (κ2) is 5.47. The van der Waals surface area contributed by atoms with Crippen molar-refractivity contribution in [2.24, 2.45) is 0 Å². The van der Waals surface area contributed by atoms with Gasteiger partial charge in [-0.2, -0.15) is 0 Å². The lowest BCUT2D eigenvalue weighted by molar-refractivity contribution is 0.112. The van der Waals surface area contributed by atoms with Gasteiger partial charge in [-0.05, 0) is 30.5 Å². The standard InChI is InChI=1S/C17H14O2S/c1-2-19-14-8-5-7-13(11-18)17(14)16-10-12-6-3-4-9-15(12)20-16/h3-11H,2H2,1H3. The Kier molecular flexibility index (Phi) is 3.52. The lowest BCUT2D eigenvalue weighted by Crippen LogP contribution is -1.96. The molecule has 3 rings (SSSR count). The summed E-state index contributed by atoms with van der Waals surface area (Å²) in [4.78, 5) is 12.4. The van der Waals surface area contributed by atoms with Crippen LogP contribution in [-0.2, 0) is 0 Å². The number of rotatable bonds is 4. The van der Waals surface area contributed by atoms with E-state index in [0.29, 0.717) is 12.2 Å². The zero-order valence-electron chi connectivity index (χ0n) is 11.1. The first-order valence-corrected chi connectivity index (χ1v) is 7.35. The molecule has 100 valence electrons. The van der Waals surface area contributed by atoms with E-state index in [9.17, 15) is 4.79 Å². The number of aldehydes is 1. The van der Waals surface area contributed by atoms with Gasteiger partial charge in [-0.1, -0.05) is 30.3 Å². The Morgan fingerprint density at radius 3 is 2.75 bits per heavy atom. The number of benzene rings is 2. The molecular formula is C17H14O2S. The number of hydrogen-bond acceptors (Lipinski definition) is 3. The molecule has 0 radical (unpaired) electrons. The molecule has 1 aromatic heterocycles. The summed E-state index contributed by atoms with van der Waals surface area (Å²) in [6.45, 7) is 2.53. The summed E-state index contributed by atoms with van der Waals surface area (Å²) in [5.74, 6) is 0.767. The molecule has 0 unspecified atom stereocenters. The molecule has 0 atom stereocenters. The van der Waals surface area contributed by atoms with Crippen molar-refractivity contribution in [1.82, 2.24) is 0 Å². The average Bonchev–Trinajstić information content (AvgIpc) is 2.90. The predicted octanol–water partition coefficient (Wildman–Crippen LogP) is 4.78. The van der Waals surface area contributed by atoms with Crippen molar-refractivity contribution in [2.75, 3.05) is 6.61 Å². The van der Waals surface area contributed by atoms with Gasteiger partial charge in [0.15, 0.2) is 6.29 Å². The quantitative estimate of drug-likeness (QED) is 0.644. The van der Waals surface area contributed by atoms with Crippen LogP contribution >= 0.6 is 11.3 Å². The largest absolute Gasteiger partial charge is 0.493 e. The normalized spacial score (nSPS) is 10.7. The van der Waals surface area contributed by atoms with Crippen LogP contribution in [0.2, 0.25) is 0 Å². The molecule has 2 nitrogen and oxygen atoms in total. The van der Waals surface area contributed by atoms with E-state index >= 15 is 0 Å². The molecule has 0 N–H and O–H groups in total. The maximum Gasteiger partial charge on any atom is 0.150 e. The lowest BCUT2D eigenvalue weighted by Gasteiger charge is -2.10. The van der Waals surface area contributed by atoms with Gasteiger partial charge in [0, 0.05) is 20.7 Å². The van der Waals surface area contributed by atoms with E-state index in [1.165, 1.54) is 10.1 Å². The Labute approximate surface area is 121 Å². The summed E-state index contributed by atoms with van der Waals surface area (Å²) in [6.07, 6.45) is 0.891. The van der Waals surface area contributed by atoms with Crippen LogP contribution in [-0.4, -0.2) is 12.9 Å². The third-order valence-electron chi connectivity index (χ3n) is 3.16. The Morgan fingerprint density at radius 2 is 2.00 bits per heavy atom. The van der Waals surface area contributed by atoms with Crippen molar-refractivity contribution in [2.45, 2.75) is 6.92 Å². The second-order valence-electron chi connectivity index (χ2n) is 4.42. The first-order chi connectivity index (χ1) is 9.83. The smallest absolute Gasteiger partial charge is 0.150 e. The Morgan fingerprint density at radius 1 is 1.15 bits per heavy atom. The highest BCUT2D eigenvalue weighted by Gasteiger charge is 2.14. The van der Waals surface area contributed by atoms with Gasteiger partial charge in [0.05, 0.1) is 6.61 Å². The molecule has 0 amide bonds. The van der Waals surface area contributed by atoms with E-state index in [1.54, 1.807) is 11.3 Å². The highest BCUT2D eigenvalue weighted by Crippen LogP contribution is 2.39. The fourth-order valence-electron chi connectivity index (χ4n) is 2.29. The molecule has 3 heteroatoms. The van der Waals surface area contributed by atoms with Crippen molar-refractivity contribution in [3.63, 3.8) is 0 Å². The van der Waals surface area contributed by atoms with Gasteiger partial charge in [-0.25, -0.2) is 0 Å². The van der Waals surface area contributed by atoms with Crippen molar-refractivity contribution >= 4 is 27.7 Å². The minimum atomic E-state index is 0.584. The van der Waals surface area contributed by atoms with Crippen LogP contribution in [0.4, 0.5) is 0 Å². The van der Waals surface area contributed by atoms with E-state index in [4.69, 9.17) is 4.74 Å². The zero-order valence-corrected chi connectivity index (χ0v) is 11.9. The fourth-order valence-corrected chi connectivity index (χ4v) is 3.43. The molecule has 2 aromatic carbocycles. The third-order valence-corrected chi connectivity index (χ3v) is 4.29. The summed E-state index contributed by atoms with van der Waals surface area (Å²) >= 11 is 1.68. The molecule has 0 saturated heterocycles. The van der Waals surface area contributed by atoms with Crippen molar-refractivity contribution < 1.29 is 9.53 Å². The molecule has 0 fully saturated rings. The summed E-state index contributed by atoms with van der Waals surface area (Å²) in [5.41, 5.74) is 1.56. The molecule has 1 heterocycles. The van der Waals surface area contributed by atoms with Gasteiger partial charge in [0.1, 0.15) is 5.75 Å². The van der Waals surface area contributed by atoms with Crippen molar-refractivity contribution in [3.8, 4) is 16.2 Å².